The summed E-state index contributed by atoms with van der Waals surface area (Å²) < 4.78 is 44.0. The van der Waals surface area contributed by atoms with E-state index in [1.807, 2.05) is 0 Å². The van der Waals surface area contributed by atoms with Crippen molar-refractivity contribution in [3.8, 4) is 0 Å². The molecule has 0 spiro atoms. The van der Waals surface area contributed by atoms with Crippen LogP contribution in [0.4, 0.5) is 0 Å². The second-order valence-corrected chi connectivity index (χ2v) is 17.6. The molecule has 12 N–H and O–H groups in total. The van der Waals surface area contributed by atoms with Crippen molar-refractivity contribution in [1.82, 2.24) is 19.6 Å². The Balaban J connectivity index is 0. The maximum absolute atomic E-state index is 11.0. The number of hydrogen-bond acceptors (Lipinski definition) is 12. The van der Waals surface area contributed by atoms with Gasteiger partial charge in [-0.1, -0.05) is 12.8 Å². The molecule has 0 saturated carbocycles. The molecule has 0 amide bonds. The maximum atomic E-state index is 11.0. The van der Waals surface area contributed by atoms with Gasteiger partial charge in [0, 0.05) is 0 Å². The standard InChI is InChI=1S/C14H24N2O8.C8H24N2O12P4/c17-11(18)7-15(8-12(19)20)5-3-1-2-4-6-16(9-13(21)22)10-14(23)24;11-23(12,13)5-9(6-24(14,15)16)3-1-2-4-10(7-25(17,18)19)8-26(20,21)22/h1-10H2,(H,17,18)(H,19,20)(H,21,22)(H,23,24);1-8H2,(H2,11,12,13)(H2,14,15,16)(H2,17,18,19)(H2,20,21,22). The average Bonchev–Trinajstić information content (AvgIpc) is 2.83. The summed E-state index contributed by atoms with van der Waals surface area (Å²) in [4.78, 5) is 118. The van der Waals surface area contributed by atoms with Crippen LogP contribution in [0.1, 0.15) is 38.5 Å². The number of unbranched alkanes of at least 4 members (excludes halogenated alkanes) is 4. The monoisotopic (exact) mass is 812 g/mol. The van der Waals surface area contributed by atoms with E-state index in [4.69, 9.17) is 59.6 Å². The lowest BCUT2D eigenvalue weighted by Crippen LogP contribution is -2.35. The molecule has 0 aliphatic heterocycles. The molecule has 0 aliphatic carbocycles. The van der Waals surface area contributed by atoms with Gasteiger partial charge in [-0.05, 0) is 51.9 Å². The Bertz CT molecular complexity index is 1080. The van der Waals surface area contributed by atoms with Gasteiger partial charge >= 0.3 is 54.3 Å². The Kier molecular flexibility index (Phi) is 24.8. The predicted octanol–water partition coefficient (Wildman–Crippen LogP) is -1.60. The number of carboxylic acid groups (broad SMARTS) is 4. The van der Waals surface area contributed by atoms with E-state index in [1.165, 1.54) is 9.80 Å². The zero-order valence-corrected chi connectivity index (χ0v) is 30.5. The summed E-state index contributed by atoms with van der Waals surface area (Å²) in [5.41, 5.74) is 0. The third kappa shape index (κ3) is 37.6. The Morgan fingerprint density at radius 3 is 0.700 bits per heavy atom. The molecule has 0 aromatic heterocycles. The van der Waals surface area contributed by atoms with Crippen molar-refractivity contribution in [1.29, 1.82) is 0 Å². The van der Waals surface area contributed by atoms with Crippen LogP contribution in [0.3, 0.4) is 0 Å². The molecule has 24 nitrogen and oxygen atoms in total. The van der Waals surface area contributed by atoms with E-state index in [2.05, 4.69) is 0 Å². The summed E-state index contributed by atoms with van der Waals surface area (Å²) in [5, 5.41) is 34.8. The molecule has 0 rings (SSSR count). The second-order valence-electron chi connectivity index (χ2n) is 11.1. The average molecular weight is 813 g/mol. The highest BCUT2D eigenvalue weighted by Crippen LogP contribution is 2.42. The van der Waals surface area contributed by atoms with Crippen molar-refractivity contribution in [3.05, 3.63) is 0 Å². The first-order valence-corrected chi connectivity index (χ1v) is 21.7. The number of nitrogens with zero attached hydrogens (tertiary/aromatic N) is 4. The van der Waals surface area contributed by atoms with E-state index in [-0.39, 0.29) is 52.1 Å². The Hall–Kier alpha value is -1.68. The highest BCUT2D eigenvalue weighted by atomic mass is 31.2. The topological polar surface area (TPSA) is 392 Å². The van der Waals surface area contributed by atoms with Crippen LogP contribution in [0.2, 0.25) is 0 Å². The molecular weight excluding hydrogens is 764 g/mol. The molecule has 0 aromatic rings. The SMILES string of the molecule is O=C(O)CN(CCCCCCN(CC(=O)O)CC(=O)O)CC(=O)O.O=P(O)(O)CN(CCCCN(CP(=O)(O)O)CP(=O)(O)O)CP(=O)(O)O. The lowest BCUT2D eigenvalue weighted by molar-refractivity contribution is -0.143. The molecular formula is C22H48N4O20P4. The predicted molar refractivity (Wildman–Crippen MR) is 172 cm³/mol. The highest BCUT2D eigenvalue weighted by molar-refractivity contribution is 7.53. The fourth-order valence-electron chi connectivity index (χ4n) is 4.30. The fraction of sp³-hybridized carbons (Fsp3) is 0.818. The van der Waals surface area contributed by atoms with Crippen molar-refractivity contribution in [3.63, 3.8) is 0 Å². The first-order valence-electron chi connectivity index (χ1n) is 14.5. The van der Waals surface area contributed by atoms with E-state index in [9.17, 15) is 37.4 Å². The van der Waals surface area contributed by atoms with Gasteiger partial charge in [-0.25, -0.2) is 0 Å². The lowest BCUT2D eigenvalue weighted by Gasteiger charge is -2.25. The fourth-order valence-corrected chi connectivity index (χ4v) is 7.67. The molecule has 28 heteroatoms. The smallest absolute Gasteiger partial charge is 0.339 e. The molecule has 0 heterocycles. The zero-order chi connectivity index (χ0) is 39.3. The summed E-state index contributed by atoms with van der Waals surface area (Å²) in [7, 11) is -18.3. The maximum Gasteiger partial charge on any atom is 0.339 e. The molecule has 0 aromatic carbocycles. The summed E-state index contributed by atoms with van der Waals surface area (Å²) in [6, 6.07) is 0. The van der Waals surface area contributed by atoms with Crippen molar-refractivity contribution < 1.29 is 97.0 Å². The second kappa shape index (κ2) is 24.5. The normalized spacial score (nSPS) is 12.7. The van der Waals surface area contributed by atoms with Gasteiger partial charge < -0.3 is 59.6 Å². The lowest BCUT2D eigenvalue weighted by atomic mass is 10.1. The van der Waals surface area contributed by atoms with Crippen LogP contribution in [0, 0.1) is 0 Å². The molecule has 296 valence electrons. The van der Waals surface area contributed by atoms with Gasteiger partial charge in [0.25, 0.3) is 0 Å². The summed E-state index contributed by atoms with van der Waals surface area (Å²) in [6.07, 6.45) is -0.666. The van der Waals surface area contributed by atoms with Gasteiger partial charge in [0.1, 0.15) is 25.1 Å². The van der Waals surface area contributed by atoms with E-state index < -0.39 is 79.4 Å². The van der Waals surface area contributed by atoms with Gasteiger partial charge in [0.15, 0.2) is 0 Å². The highest BCUT2D eigenvalue weighted by Gasteiger charge is 2.27. The van der Waals surface area contributed by atoms with Gasteiger partial charge in [-0.3, -0.25) is 57.0 Å². The van der Waals surface area contributed by atoms with Gasteiger partial charge in [-0.2, -0.15) is 0 Å². The molecule has 0 unspecified atom stereocenters. The van der Waals surface area contributed by atoms with Gasteiger partial charge in [-0.15, -0.1) is 0 Å². The Labute approximate surface area is 286 Å². The number of carbonyl (C=O) groups is 4. The third-order valence-electron chi connectivity index (χ3n) is 5.87. The first kappa shape index (κ1) is 50.4. The van der Waals surface area contributed by atoms with Crippen molar-refractivity contribution in [2.24, 2.45) is 0 Å². The molecule has 0 aliphatic rings. The Morgan fingerprint density at radius 1 is 0.340 bits per heavy atom. The van der Waals surface area contributed by atoms with Crippen LogP contribution in [0.5, 0.6) is 0 Å². The Morgan fingerprint density at radius 2 is 0.520 bits per heavy atom. The number of rotatable bonds is 28. The van der Waals surface area contributed by atoms with Crippen LogP contribution in [0.15, 0.2) is 0 Å². The summed E-state index contributed by atoms with van der Waals surface area (Å²) in [5.74, 6) is -4.35. The number of aliphatic carboxylic acids is 4. The third-order valence-corrected chi connectivity index (χ3v) is 8.94. The molecule has 0 saturated heterocycles. The summed E-state index contributed by atoms with van der Waals surface area (Å²) >= 11 is 0. The minimum Gasteiger partial charge on any atom is -0.480 e. The minimum absolute atomic E-state index is 0.110. The van der Waals surface area contributed by atoms with E-state index in [0.29, 0.717) is 38.8 Å². The first-order chi connectivity index (χ1) is 22.6. The molecule has 0 radical (unpaired) electrons. The van der Waals surface area contributed by atoms with E-state index in [0.717, 1.165) is 9.80 Å². The van der Waals surface area contributed by atoms with Crippen LogP contribution in [-0.4, -0.2) is 181 Å². The van der Waals surface area contributed by atoms with Crippen LogP contribution < -0.4 is 0 Å². The quantitative estimate of drug-likeness (QED) is 0.0313. The van der Waals surface area contributed by atoms with Crippen molar-refractivity contribution in [2.45, 2.75) is 38.5 Å². The van der Waals surface area contributed by atoms with E-state index >= 15 is 0 Å². The van der Waals surface area contributed by atoms with Gasteiger partial charge in [0.05, 0.1) is 26.2 Å². The zero-order valence-electron chi connectivity index (χ0n) is 26.9. The van der Waals surface area contributed by atoms with Crippen LogP contribution >= 0.6 is 30.4 Å². The van der Waals surface area contributed by atoms with Crippen LogP contribution in [0.25, 0.3) is 0 Å². The molecule has 0 bridgehead atoms. The number of carboxylic acids is 4. The van der Waals surface area contributed by atoms with Crippen molar-refractivity contribution >= 4 is 54.3 Å². The summed E-state index contributed by atoms with van der Waals surface area (Å²) in [6.45, 7) is -0.950. The number of hydrogen-bond donors (Lipinski definition) is 12. The van der Waals surface area contributed by atoms with Crippen molar-refractivity contribution in [2.75, 3.05) is 77.5 Å². The van der Waals surface area contributed by atoms with E-state index in [1.54, 1.807) is 0 Å². The molecule has 50 heavy (non-hydrogen) atoms. The largest absolute Gasteiger partial charge is 0.480 e. The van der Waals surface area contributed by atoms with Crippen LogP contribution in [-0.2, 0) is 37.4 Å². The minimum atomic E-state index is -4.57. The molecule has 0 fully saturated rings. The van der Waals surface area contributed by atoms with Gasteiger partial charge in [0.2, 0.25) is 0 Å². The molecule has 0 atom stereocenters.